The molecule has 1 aromatic rings. The van der Waals surface area contributed by atoms with Gasteiger partial charge < -0.3 is 15.7 Å². The number of carbonyl (C=O) groups is 3. The Morgan fingerprint density at radius 3 is 2.57 bits per heavy atom. The molecule has 1 rings (SSSR count). The lowest BCUT2D eigenvalue weighted by Crippen LogP contribution is -2.42. The molecule has 7 heteroatoms. The lowest BCUT2D eigenvalue weighted by Gasteiger charge is -2.16. The fraction of sp³-hybridized carbons (Fsp3) is 0.500. The van der Waals surface area contributed by atoms with E-state index in [1.165, 1.54) is 11.3 Å². The highest BCUT2D eigenvalue weighted by Crippen LogP contribution is 2.06. The van der Waals surface area contributed by atoms with Crippen molar-refractivity contribution in [3.8, 4) is 0 Å². The zero-order valence-corrected chi connectivity index (χ0v) is 12.9. The molecule has 0 saturated carbocycles. The zero-order chi connectivity index (χ0) is 15.8. The molecule has 0 fully saturated rings. The van der Waals surface area contributed by atoms with Gasteiger partial charge in [0.05, 0.1) is 0 Å². The Bertz CT molecular complexity index is 485. The summed E-state index contributed by atoms with van der Waals surface area (Å²) in [6.07, 6.45) is 0.431. The topological polar surface area (TPSA) is 95.5 Å². The van der Waals surface area contributed by atoms with E-state index >= 15 is 0 Å². The zero-order valence-electron chi connectivity index (χ0n) is 12.1. The molecule has 0 saturated heterocycles. The van der Waals surface area contributed by atoms with Gasteiger partial charge in [-0.15, -0.1) is 0 Å². The largest absolute Gasteiger partial charge is 0.480 e. The lowest BCUT2D eigenvalue weighted by molar-refractivity contribution is -0.142. The van der Waals surface area contributed by atoms with Gasteiger partial charge in [0.25, 0.3) is 5.91 Å². The minimum absolute atomic E-state index is 0.0533. The van der Waals surface area contributed by atoms with Gasteiger partial charge in [-0.05, 0) is 23.8 Å². The van der Waals surface area contributed by atoms with E-state index < -0.39 is 12.0 Å². The van der Waals surface area contributed by atoms with Gasteiger partial charge in [-0.3, -0.25) is 9.59 Å². The van der Waals surface area contributed by atoms with E-state index in [0.717, 1.165) is 0 Å². The van der Waals surface area contributed by atoms with Crippen molar-refractivity contribution >= 4 is 29.1 Å². The van der Waals surface area contributed by atoms with E-state index in [1.54, 1.807) is 16.8 Å². The highest BCUT2D eigenvalue weighted by molar-refractivity contribution is 7.08. The number of hydrogen-bond donors (Lipinski definition) is 3. The van der Waals surface area contributed by atoms with Crippen LogP contribution in [-0.2, 0) is 9.59 Å². The third-order valence-corrected chi connectivity index (χ3v) is 3.44. The molecular formula is C14H20N2O4S. The van der Waals surface area contributed by atoms with Gasteiger partial charge in [-0.25, -0.2) is 4.79 Å². The molecule has 0 spiro atoms. The SMILES string of the molecule is CC(C)C[C@H](NC(=O)CCNC(=O)c1ccsc1)C(=O)O. The number of rotatable bonds is 8. The van der Waals surface area contributed by atoms with Crippen molar-refractivity contribution in [1.82, 2.24) is 10.6 Å². The van der Waals surface area contributed by atoms with Crippen molar-refractivity contribution in [2.75, 3.05) is 6.54 Å². The number of carboxylic acids is 1. The number of aliphatic carboxylic acids is 1. The summed E-state index contributed by atoms with van der Waals surface area (Å²) in [6.45, 7) is 3.96. The van der Waals surface area contributed by atoms with E-state index in [9.17, 15) is 14.4 Å². The Kier molecular flexibility index (Phi) is 6.87. The Morgan fingerprint density at radius 2 is 2.05 bits per heavy atom. The Morgan fingerprint density at radius 1 is 1.33 bits per heavy atom. The quantitative estimate of drug-likeness (QED) is 0.677. The molecule has 0 aliphatic heterocycles. The van der Waals surface area contributed by atoms with Gasteiger partial charge in [0.1, 0.15) is 6.04 Å². The third kappa shape index (κ3) is 6.40. The van der Waals surface area contributed by atoms with Gasteiger partial charge in [0.2, 0.25) is 5.91 Å². The van der Waals surface area contributed by atoms with Crippen LogP contribution in [0.3, 0.4) is 0 Å². The van der Waals surface area contributed by atoms with Crippen LogP contribution in [0.1, 0.15) is 37.0 Å². The predicted octanol–water partition coefficient (Wildman–Crippen LogP) is 1.48. The fourth-order valence-corrected chi connectivity index (χ4v) is 2.38. The number of carbonyl (C=O) groups excluding carboxylic acids is 2. The molecule has 0 radical (unpaired) electrons. The summed E-state index contributed by atoms with van der Waals surface area (Å²) >= 11 is 1.42. The molecule has 116 valence electrons. The standard InChI is InChI=1S/C14H20N2O4S/c1-9(2)7-11(14(19)20)16-12(17)3-5-15-13(18)10-4-6-21-8-10/h4,6,8-9,11H,3,5,7H2,1-2H3,(H,15,18)(H,16,17)(H,19,20)/t11-/m0/s1. The Balaban J connectivity index is 2.32. The predicted molar refractivity (Wildman–Crippen MR) is 80.3 cm³/mol. The van der Waals surface area contributed by atoms with Crippen molar-refractivity contribution < 1.29 is 19.5 Å². The molecular weight excluding hydrogens is 292 g/mol. The van der Waals surface area contributed by atoms with Crippen LogP contribution in [0, 0.1) is 5.92 Å². The van der Waals surface area contributed by atoms with Crippen LogP contribution >= 0.6 is 11.3 Å². The summed E-state index contributed by atoms with van der Waals surface area (Å²) in [6, 6.07) is 0.813. The van der Waals surface area contributed by atoms with Crippen molar-refractivity contribution in [3.05, 3.63) is 22.4 Å². The first-order valence-electron chi connectivity index (χ1n) is 6.72. The van der Waals surface area contributed by atoms with Gasteiger partial charge in [0, 0.05) is 23.9 Å². The van der Waals surface area contributed by atoms with Crippen LogP contribution in [0.25, 0.3) is 0 Å². The Hall–Kier alpha value is -1.89. The van der Waals surface area contributed by atoms with Crippen LogP contribution < -0.4 is 10.6 Å². The summed E-state index contributed by atoms with van der Waals surface area (Å²) in [5, 5.41) is 17.6. The summed E-state index contributed by atoms with van der Waals surface area (Å²) in [4.78, 5) is 34.3. The first-order valence-corrected chi connectivity index (χ1v) is 7.67. The van der Waals surface area contributed by atoms with Crippen molar-refractivity contribution in [2.45, 2.75) is 32.7 Å². The fourth-order valence-electron chi connectivity index (χ4n) is 1.74. The minimum atomic E-state index is -1.04. The molecule has 3 N–H and O–H groups in total. The molecule has 2 amide bonds. The second kappa shape index (κ2) is 8.41. The van der Waals surface area contributed by atoms with Gasteiger partial charge in [-0.2, -0.15) is 11.3 Å². The highest BCUT2D eigenvalue weighted by Gasteiger charge is 2.20. The normalized spacial score (nSPS) is 12.0. The average Bonchev–Trinajstić information content (AvgIpc) is 2.91. The number of nitrogens with one attached hydrogen (secondary N) is 2. The van der Waals surface area contributed by atoms with E-state index in [1.807, 2.05) is 13.8 Å². The van der Waals surface area contributed by atoms with Crippen molar-refractivity contribution in [2.24, 2.45) is 5.92 Å². The molecule has 0 aliphatic carbocycles. The Labute approximate surface area is 127 Å². The molecule has 6 nitrogen and oxygen atoms in total. The lowest BCUT2D eigenvalue weighted by atomic mass is 10.0. The molecule has 0 aromatic carbocycles. The molecule has 21 heavy (non-hydrogen) atoms. The van der Waals surface area contributed by atoms with Crippen LogP contribution in [0.4, 0.5) is 0 Å². The second-order valence-corrected chi connectivity index (χ2v) is 5.89. The van der Waals surface area contributed by atoms with Gasteiger partial charge >= 0.3 is 5.97 Å². The molecule has 0 aliphatic rings. The maximum absolute atomic E-state index is 11.7. The number of hydrogen-bond acceptors (Lipinski definition) is 4. The first kappa shape index (κ1) is 17.2. The molecule has 1 aromatic heterocycles. The van der Waals surface area contributed by atoms with Crippen LogP contribution in [0.15, 0.2) is 16.8 Å². The van der Waals surface area contributed by atoms with Gasteiger partial charge in [-0.1, -0.05) is 13.8 Å². The molecule has 0 bridgehead atoms. The number of thiophene rings is 1. The highest BCUT2D eigenvalue weighted by atomic mass is 32.1. The van der Waals surface area contributed by atoms with E-state index in [-0.39, 0.29) is 30.7 Å². The third-order valence-electron chi connectivity index (χ3n) is 2.76. The van der Waals surface area contributed by atoms with E-state index in [4.69, 9.17) is 5.11 Å². The monoisotopic (exact) mass is 312 g/mol. The number of amides is 2. The number of carboxylic acid groups (broad SMARTS) is 1. The first-order chi connectivity index (χ1) is 9.90. The summed E-state index contributed by atoms with van der Waals surface area (Å²) < 4.78 is 0. The van der Waals surface area contributed by atoms with Crippen LogP contribution in [0.2, 0.25) is 0 Å². The molecule has 1 atom stereocenters. The maximum Gasteiger partial charge on any atom is 0.326 e. The van der Waals surface area contributed by atoms with Crippen molar-refractivity contribution in [3.63, 3.8) is 0 Å². The van der Waals surface area contributed by atoms with Crippen LogP contribution in [0.5, 0.6) is 0 Å². The van der Waals surface area contributed by atoms with E-state index in [0.29, 0.717) is 12.0 Å². The minimum Gasteiger partial charge on any atom is -0.480 e. The summed E-state index contributed by atoms with van der Waals surface area (Å²) in [5.41, 5.74) is 0.559. The van der Waals surface area contributed by atoms with Crippen molar-refractivity contribution in [1.29, 1.82) is 0 Å². The maximum atomic E-state index is 11.7. The smallest absolute Gasteiger partial charge is 0.326 e. The second-order valence-electron chi connectivity index (χ2n) is 5.11. The molecule has 1 heterocycles. The molecule has 0 unspecified atom stereocenters. The van der Waals surface area contributed by atoms with E-state index in [2.05, 4.69) is 10.6 Å². The van der Waals surface area contributed by atoms with Crippen LogP contribution in [-0.4, -0.2) is 35.5 Å². The van der Waals surface area contributed by atoms with Gasteiger partial charge in [0.15, 0.2) is 0 Å². The average molecular weight is 312 g/mol. The summed E-state index contributed by atoms with van der Waals surface area (Å²) in [5.74, 6) is -1.49. The summed E-state index contributed by atoms with van der Waals surface area (Å²) in [7, 11) is 0.